The van der Waals surface area contributed by atoms with Gasteiger partial charge in [0.25, 0.3) is 0 Å². The van der Waals surface area contributed by atoms with Gasteiger partial charge >= 0.3 is 0 Å². The first kappa shape index (κ1) is 13.0. The van der Waals surface area contributed by atoms with Gasteiger partial charge in [-0.25, -0.2) is 0 Å². The molecule has 0 aromatic carbocycles. The molecule has 0 saturated carbocycles. The summed E-state index contributed by atoms with van der Waals surface area (Å²) in [5.74, 6) is 0.728. The lowest BCUT2D eigenvalue weighted by atomic mass is 10.2. The number of halogens is 1. The van der Waals surface area contributed by atoms with Gasteiger partial charge in [0, 0.05) is 29.9 Å². The predicted molar refractivity (Wildman–Crippen MR) is 66.8 cm³/mol. The standard InChI is InChI=1S/C12H17ClN2O/c1-10-9-11(6-8-14-10)15-12(16)5-3-2-4-7-13/h6,8-9H,2-5,7H2,1H3,(H,14,15,16). The van der Waals surface area contributed by atoms with Crippen molar-refractivity contribution in [3.05, 3.63) is 24.0 Å². The van der Waals surface area contributed by atoms with E-state index in [1.165, 1.54) is 0 Å². The minimum absolute atomic E-state index is 0.0557. The van der Waals surface area contributed by atoms with Gasteiger partial charge in [0.05, 0.1) is 0 Å². The van der Waals surface area contributed by atoms with Gasteiger partial charge in [0.2, 0.25) is 5.91 Å². The largest absolute Gasteiger partial charge is 0.326 e. The van der Waals surface area contributed by atoms with Crippen molar-refractivity contribution in [2.24, 2.45) is 0 Å². The van der Waals surface area contributed by atoms with E-state index in [0.29, 0.717) is 12.3 Å². The topological polar surface area (TPSA) is 42.0 Å². The fourth-order valence-corrected chi connectivity index (χ4v) is 1.59. The van der Waals surface area contributed by atoms with Crippen LogP contribution in [0.4, 0.5) is 5.69 Å². The summed E-state index contributed by atoms with van der Waals surface area (Å²) in [6, 6.07) is 3.65. The molecule has 16 heavy (non-hydrogen) atoms. The van der Waals surface area contributed by atoms with Crippen molar-refractivity contribution in [3.8, 4) is 0 Å². The van der Waals surface area contributed by atoms with Crippen LogP contribution in [0.3, 0.4) is 0 Å². The Morgan fingerprint density at radius 3 is 2.94 bits per heavy atom. The number of carbonyl (C=O) groups excluding carboxylic acids is 1. The maximum absolute atomic E-state index is 11.5. The zero-order valence-electron chi connectivity index (χ0n) is 9.50. The third-order valence-electron chi connectivity index (χ3n) is 2.22. The molecule has 88 valence electrons. The van der Waals surface area contributed by atoms with Crippen molar-refractivity contribution in [1.29, 1.82) is 0 Å². The number of nitrogens with zero attached hydrogens (tertiary/aromatic N) is 1. The molecule has 3 nitrogen and oxygen atoms in total. The average Bonchev–Trinajstić information content (AvgIpc) is 2.24. The average molecular weight is 241 g/mol. The third-order valence-corrected chi connectivity index (χ3v) is 2.49. The number of hydrogen-bond acceptors (Lipinski definition) is 2. The normalized spacial score (nSPS) is 10.1. The fourth-order valence-electron chi connectivity index (χ4n) is 1.40. The predicted octanol–water partition coefficient (Wildman–Crippen LogP) is 3.13. The van der Waals surface area contributed by atoms with Crippen LogP contribution in [0.1, 0.15) is 31.4 Å². The van der Waals surface area contributed by atoms with Crippen LogP contribution in [0, 0.1) is 6.92 Å². The lowest BCUT2D eigenvalue weighted by Gasteiger charge is -2.05. The maximum atomic E-state index is 11.5. The number of aryl methyl sites for hydroxylation is 1. The van der Waals surface area contributed by atoms with Gasteiger partial charge in [-0.1, -0.05) is 6.42 Å². The molecule has 1 N–H and O–H groups in total. The number of hydrogen-bond donors (Lipinski definition) is 1. The lowest BCUT2D eigenvalue weighted by Crippen LogP contribution is -2.11. The van der Waals surface area contributed by atoms with Crippen LogP contribution in [0.2, 0.25) is 0 Å². The molecule has 0 aliphatic rings. The molecule has 0 unspecified atom stereocenters. The van der Waals surface area contributed by atoms with E-state index in [1.807, 2.05) is 13.0 Å². The second-order valence-corrected chi connectivity index (χ2v) is 4.11. The summed E-state index contributed by atoms with van der Waals surface area (Å²) < 4.78 is 0. The summed E-state index contributed by atoms with van der Waals surface area (Å²) in [5, 5.41) is 2.85. The molecule has 1 rings (SSSR count). The minimum atomic E-state index is 0.0557. The van der Waals surface area contributed by atoms with Crippen molar-refractivity contribution in [2.75, 3.05) is 11.2 Å². The van der Waals surface area contributed by atoms with Crippen LogP contribution in [0.5, 0.6) is 0 Å². The Morgan fingerprint density at radius 1 is 1.44 bits per heavy atom. The summed E-state index contributed by atoms with van der Waals surface area (Å²) in [4.78, 5) is 15.6. The molecule has 1 amide bonds. The second kappa shape index (κ2) is 7.23. The van der Waals surface area contributed by atoms with E-state index in [-0.39, 0.29) is 5.91 Å². The first-order valence-corrected chi connectivity index (χ1v) is 6.04. The van der Waals surface area contributed by atoms with E-state index in [4.69, 9.17) is 11.6 Å². The fraction of sp³-hybridized carbons (Fsp3) is 0.500. The Hall–Kier alpha value is -1.09. The number of unbranched alkanes of at least 4 members (excludes halogenated alkanes) is 2. The van der Waals surface area contributed by atoms with Gasteiger partial charge in [-0.05, 0) is 31.9 Å². The summed E-state index contributed by atoms with van der Waals surface area (Å²) in [7, 11) is 0. The van der Waals surface area contributed by atoms with Crippen molar-refractivity contribution < 1.29 is 4.79 Å². The molecule has 0 saturated heterocycles. The van der Waals surface area contributed by atoms with Crippen LogP contribution in [-0.2, 0) is 4.79 Å². The molecule has 0 radical (unpaired) electrons. The molecule has 0 aliphatic carbocycles. The molecule has 0 aliphatic heterocycles. The Labute approximate surface area is 101 Å². The molecule has 1 aromatic heterocycles. The van der Waals surface area contributed by atoms with Gasteiger partial charge in [0.1, 0.15) is 0 Å². The van der Waals surface area contributed by atoms with Gasteiger partial charge < -0.3 is 5.32 Å². The highest BCUT2D eigenvalue weighted by Crippen LogP contribution is 2.09. The van der Waals surface area contributed by atoms with Crippen LogP contribution >= 0.6 is 11.6 Å². The number of amides is 1. The number of aromatic nitrogens is 1. The van der Waals surface area contributed by atoms with Gasteiger partial charge in [0.15, 0.2) is 0 Å². The Bertz CT molecular complexity index is 342. The van der Waals surface area contributed by atoms with E-state index in [0.717, 1.165) is 30.6 Å². The maximum Gasteiger partial charge on any atom is 0.224 e. The van der Waals surface area contributed by atoms with Crippen LogP contribution in [0.15, 0.2) is 18.3 Å². The van der Waals surface area contributed by atoms with Gasteiger partial charge in [-0.2, -0.15) is 0 Å². The molecule has 0 fully saturated rings. The van der Waals surface area contributed by atoms with Crippen molar-refractivity contribution in [3.63, 3.8) is 0 Å². The van der Waals surface area contributed by atoms with Crippen molar-refractivity contribution in [2.45, 2.75) is 32.6 Å². The molecule has 1 aromatic rings. The molecule has 4 heteroatoms. The van der Waals surface area contributed by atoms with Crippen LogP contribution in [-0.4, -0.2) is 16.8 Å². The first-order chi connectivity index (χ1) is 7.72. The smallest absolute Gasteiger partial charge is 0.224 e. The summed E-state index contributed by atoms with van der Waals surface area (Å²) >= 11 is 5.56. The molecule has 1 heterocycles. The van der Waals surface area contributed by atoms with Crippen molar-refractivity contribution >= 4 is 23.2 Å². The van der Waals surface area contributed by atoms with Crippen molar-refractivity contribution in [1.82, 2.24) is 4.98 Å². The monoisotopic (exact) mass is 240 g/mol. The Morgan fingerprint density at radius 2 is 2.25 bits per heavy atom. The zero-order valence-corrected chi connectivity index (χ0v) is 10.3. The second-order valence-electron chi connectivity index (χ2n) is 3.73. The van der Waals surface area contributed by atoms with E-state index in [9.17, 15) is 4.79 Å². The highest BCUT2D eigenvalue weighted by Gasteiger charge is 2.02. The minimum Gasteiger partial charge on any atom is -0.326 e. The van der Waals surface area contributed by atoms with E-state index >= 15 is 0 Å². The molecule has 0 atom stereocenters. The number of alkyl halides is 1. The quantitative estimate of drug-likeness (QED) is 0.613. The first-order valence-electron chi connectivity index (χ1n) is 5.51. The molecule has 0 spiro atoms. The lowest BCUT2D eigenvalue weighted by molar-refractivity contribution is -0.116. The number of rotatable bonds is 6. The van der Waals surface area contributed by atoms with E-state index in [2.05, 4.69) is 10.3 Å². The van der Waals surface area contributed by atoms with Crippen LogP contribution < -0.4 is 5.32 Å². The van der Waals surface area contributed by atoms with Gasteiger partial charge in [-0.3, -0.25) is 9.78 Å². The summed E-state index contributed by atoms with van der Waals surface area (Å²) in [6.07, 6.45) is 5.12. The summed E-state index contributed by atoms with van der Waals surface area (Å²) in [5.41, 5.74) is 1.72. The van der Waals surface area contributed by atoms with Crippen LogP contribution in [0.25, 0.3) is 0 Å². The molecular weight excluding hydrogens is 224 g/mol. The van der Waals surface area contributed by atoms with E-state index in [1.54, 1.807) is 12.3 Å². The number of carbonyl (C=O) groups is 1. The number of nitrogens with one attached hydrogen (secondary N) is 1. The zero-order chi connectivity index (χ0) is 11.8. The Balaban J connectivity index is 2.29. The number of anilines is 1. The summed E-state index contributed by atoms with van der Waals surface area (Å²) in [6.45, 7) is 1.90. The highest BCUT2D eigenvalue weighted by molar-refractivity contribution is 6.17. The highest BCUT2D eigenvalue weighted by atomic mass is 35.5. The van der Waals surface area contributed by atoms with Gasteiger partial charge in [-0.15, -0.1) is 11.6 Å². The third kappa shape index (κ3) is 5.12. The van der Waals surface area contributed by atoms with E-state index < -0.39 is 0 Å². The molecule has 0 bridgehead atoms. The molecular formula is C12H17ClN2O. The SMILES string of the molecule is Cc1cc(NC(=O)CCCCCCl)ccn1. The number of pyridine rings is 1. The Kier molecular flexibility index (Phi) is 5.86.